The van der Waals surface area contributed by atoms with Gasteiger partial charge in [0.2, 0.25) is 5.91 Å². The highest BCUT2D eigenvalue weighted by atomic mass is 127. The van der Waals surface area contributed by atoms with Crippen LogP contribution in [0.1, 0.15) is 64.9 Å². The topological polar surface area (TPSA) is 56.7 Å². The van der Waals surface area contributed by atoms with Crippen molar-refractivity contribution >= 4 is 35.8 Å². The van der Waals surface area contributed by atoms with Crippen LogP contribution in [0.15, 0.2) is 35.3 Å². The molecule has 0 bridgehead atoms. The van der Waals surface area contributed by atoms with E-state index in [0.717, 1.165) is 64.2 Å². The first-order valence-electron chi connectivity index (χ1n) is 12.0. The zero-order valence-electron chi connectivity index (χ0n) is 19.5. The van der Waals surface area contributed by atoms with Crippen LogP contribution < -0.4 is 10.6 Å². The number of carbonyl (C=O) groups is 1. The third-order valence-electron chi connectivity index (χ3n) is 6.78. The predicted molar refractivity (Wildman–Crippen MR) is 140 cm³/mol. The number of amides is 1. The Morgan fingerprint density at radius 2 is 1.77 bits per heavy atom. The minimum absolute atomic E-state index is 0. The fourth-order valence-corrected chi connectivity index (χ4v) is 4.50. The van der Waals surface area contributed by atoms with Crippen LogP contribution in [0.2, 0.25) is 0 Å². The number of likely N-dealkylation sites (tertiary alicyclic amines) is 1. The highest BCUT2D eigenvalue weighted by Crippen LogP contribution is 2.48. The summed E-state index contributed by atoms with van der Waals surface area (Å²) in [5.74, 6) is 1.46. The fraction of sp³-hybridized carbons (Fsp3) is 0.680. The Bertz CT molecular complexity index is 693. The summed E-state index contributed by atoms with van der Waals surface area (Å²) in [5.41, 5.74) is 1.76. The van der Waals surface area contributed by atoms with E-state index in [9.17, 15) is 4.79 Å². The average molecular weight is 541 g/mol. The van der Waals surface area contributed by atoms with Crippen molar-refractivity contribution < 1.29 is 4.79 Å². The van der Waals surface area contributed by atoms with Gasteiger partial charge in [0.05, 0.1) is 0 Å². The van der Waals surface area contributed by atoms with E-state index >= 15 is 0 Å². The fourth-order valence-electron chi connectivity index (χ4n) is 4.50. The number of guanidine groups is 1. The van der Waals surface area contributed by atoms with Gasteiger partial charge in [-0.15, -0.1) is 24.0 Å². The smallest absolute Gasteiger partial charge is 0.225 e. The Hall–Kier alpha value is -1.31. The molecule has 1 saturated carbocycles. The molecule has 1 heterocycles. The zero-order valence-corrected chi connectivity index (χ0v) is 21.9. The summed E-state index contributed by atoms with van der Waals surface area (Å²) < 4.78 is 0. The minimum atomic E-state index is 0. The molecule has 2 aliphatic rings. The lowest BCUT2D eigenvalue weighted by Crippen LogP contribution is -2.50. The van der Waals surface area contributed by atoms with E-state index in [4.69, 9.17) is 4.99 Å². The maximum Gasteiger partial charge on any atom is 0.225 e. The lowest BCUT2D eigenvalue weighted by Gasteiger charge is -2.35. The molecule has 0 atom stereocenters. The Labute approximate surface area is 205 Å². The Kier molecular flexibility index (Phi) is 10.6. The molecule has 1 saturated heterocycles. The summed E-state index contributed by atoms with van der Waals surface area (Å²) in [5, 5.41) is 7.06. The van der Waals surface area contributed by atoms with E-state index < -0.39 is 0 Å². The van der Waals surface area contributed by atoms with Crippen molar-refractivity contribution in [3.8, 4) is 0 Å². The van der Waals surface area contributed by atoms with Crippen LogP contribution in [-0.2, 0) is 11.2 Å². The van der Waals surface area contributed by atoms with Crippen LogP contribution >= 0.6 is 24.0 Å². The Balaban J connectivity index is 0.00000341. The van der Waals surface area contributed by atoms with Gasteiger partial charge in [0.1, 0.15) is 0 Å². The van der Waals surface area contributed by atoms with E-state index in [0.29, 0.717) is 17.4 Å². The number of carbonyl (C=O) groups excluding carboxylic acids is 1. The third kappa shape index (κ3) is 7.65. The van der Waals surface area contributed by atoms with Gasteiger partial charge in [0.25, 0.3) is 0 Å². The van der Waals surface area contributed by atoms with Gasteiger partial charge < -0.3 is 15.5 Å². The van der Waals surface area contributed by atoms with Crippen molar-refractivity contribution in [2.24, 2.45) is 16.3 Å². The predicted octanol–water partition coefficient (Wildman–Crippen LogP) is 4.61. The maximum atomic E-state index is 12.6. The number of halogens is 1. The first kappa shape index (κ1) is 25.9. The number of hydrogen-bond donors (Lipinski definition) is 2. The summed E-state index contributed by atoms with van der Waals surface area (Å²) in [6.45, 7) is 9.79. The van der Waals surface area contributed by atoms with E-state index in [1.54, 1.807) is 0 Å². The molecule has 1 aromatic carbocycles. The third-order valence-corrected chi connectivity index (χ3v) is 6.78. The maximum absolute atomic E-state index is 12.6. The van der Waals surface area contributed by atoms with Gasteiger partial charge in [0.15, 0.2) is 5.96 Å². The second kappa shape index (κ2) is 12.7. The molecule has 5 nitrogen and oxygen atoms in total. The van der Waals surface area contributed by atoms with Crippen molar-refractivity contribution in [1.29, 1.82) is 0 Å². The van der Waals surface area contributed by atoms with Crippen LogP contribution in [0.5, 0.6) is 0 Å². The first-order chi connectivity index (χ1) is 14.6. The van der Waals surface area contributed by atoms with Gasteiger partial charge in [-0.3, -0.25) is 9.79 Å². The second-order valence-corrected chi connectivity index (χ2v) is 9.11. The lowest BCUT2D eigenvalue weighted by atomic mass is 9.97. The molecule has 2 fully saturated rings. The molecule has 1 aromatic rings. The molecule has 1 aliphatic carbocycles. The number of nitrogens with zero attached hydrogens (tertiary/aromatic N) is 2. The van der Waals surface area contributed by atoms with Gasteiger partial charge in [-0.2, -0.15) is 0 Å². The number of nitrogens with one attached hydrogen (secondary N) is 2. The quantitative estimate of drug-likeness (QED) is 0.273. The van der Waals surface area contributed by atoms with Crippen LogP contribution in [-0.4, -0.2) is 49.0 Å². The van der Waals surface area contributed by atoms with E-state index in [2.05, 4.69) is 66.6 Å². The van der Waals surface area contributed by atoms with Crippen molar-refractivity contribution in [2.45, 2.75) is 71.8 Å². The average Bonchev–Trinajstić information content (AvgIpc) is 3.54. The summed E-state index contributed by atoms with van der Waals surface area (Å²) >= 11 is 0. The van der Waals surface area contributed by atoms with Gasteiger partial charge in [-0.25, -0.2) is 0 Å². The number of hydrogen-bond acceptors (Lipinski definition) is 2. The molecule has 1 amide bonds. The van der Waals surface area contributed by atoms with Crippen molar-refractivity contribution in [2.75, 3.05) is 26.2 Å². The normalized spacial score (nSPS) is 18.5. The monoisotopic (exact) mass is 540 g/mol. The van der Waals surface area contributed by atoms with Gasteiger partial charge >= 0.3 is 0 Å². The molecule has 0 radical (unpaired) electrons. The highest BCUT2D eigenvalue weighted by Gasteiger charge is 2.42. The number of aliphatic imine (C=N–C) groups is 1. The number of rotatable bonds is 9. The van der Waals surface area contributed by atoms with Crippen molar-refractivity contribution in [1.82, 2.24) is 15.5 Å². The molecule has 31 heavy (non-hydrogen) atoms. The van der Waals surface area contributed by atoms with Crippen LogP contribution in [0.4, 0.5) is 0 Å². The Morgan fingerprint density at radius 3 is 2.32 bits per heavy atom. The summed E-state index contributed by atoms with van der Waals surface area (Å²) in [7, 11) is 0. The van der Waals surface area contributed by atoms with Crippen LogP contribution in [0.25, 0.3) is 0 Å². The van der Waals surface area contributed by atoms with E-state index in [1.165, 1.54) is 18.4 Å². The molecule has 0 spiro atoms. The SMILES string of the molecule is CCNC(=NCC1(Cc2ccccc2)CC1)NC1CCN(C(=O)C(CC)CC)CC1.I. The first-order valence-corrected chi connectivity index (χ1v) is 12.0. The molecule has 6 heteroatoms. The highest BCUT2D eigenvalue weighted by molar-refractivity contribution is 14.0. The molecular formula is C25H41IN4O. The number of piperidine rings is 1. The standard InChI is InChI=1S/C25H40N4O.HI/c1-4-21(5-2)23(30)29-16-12-22(13-17-29)28-24(26-6-3)27-19-25(14-15-25)18-20-10-8-7-9-11-20;/h7-11,21-22H,4-6,12-19H2,1-3H3,(H2,26,27,28);1H. The molecular weight excluding hydrogens is 499 g/mol. The summed E-state index contributed by atoms with van der Waals surface area (Å²) in [6.07, 6.45) is 7.51. The van der Waals surface area contributed by atoms with E-state index in [-0.39, 0.29) is 29.9 Å². The molecule has 1 aliphatic heterocycles. The second-order valence-electron chi connectivity index (χ2n) is 9.11. The zero-order chi connectivity index (χ0) is 21.4. The lowest BCUT2D eigenvalue weighted by molar-refractivity contribution is -0.136. The van der Waals surface area contributed by atoms with Gasteiger partial charge in [0, 0.05) is 38.1 Å². The summed E-state index contributed by atoms with van der Waals surface area (Å²) in [6, 6.07) is 11.2. The molecule has 174 valence electrons. The van der Waals surface area contributed by atoms with Gasteiger partial charge in [-0.1, -0.05) is 44.2 Å². The number of benzene rings is 1. The minimum Gasteiger partial charge on any atom is -0.357 e. The van der Waals surface area contributed by atoms with Gasteiger partial charge in [-0.05, 0) is 62.8 Å². The summed E-state index contributed by atoms with van der Waals surface area (Å²) in [4.78, 5) is 19.7. The van der Waals surface area contributed by atoms with Crippen LogP contribution in [0, 0.1) is 11.3 Å². The molecule has 2 N–H and O–H groups in total. The van der Waals surface area contributed by atoms with Crippen LogP contribution in [0.3, 0.4) is 0 Å². The largest absolute Gasteiger partial charge is 0.357 e. The molecule has 0 unspecified atom stereocenters. The molecule has 3 rings (SSSR count). The Morgan fingerprint density at radius 1 is 1.13 bits per heavy atom. The van der Waals surface area contributed by atoms with Crippen molar-refractivity contribution in [3.05, 3.63) is 35.9 Å². The molecule has 0 aromatic heterocycles. The van der Waals surface area contributed by atoms with Crippen molar-refractivity contribution in [3.63, 3.8) is 0 Å². The van der Waals surface area contributed by atoms with E-state index in [1.807, 2.05) is 0 Å².